The summed E-state index contributed by atoms with van der Waals surface area (Å²) in [7, 11) is 0. The van der Waals surface area contributed by atoms with E-state index in [0.717, 1.165) is 22.5 Å². The quantitative estimate of drug-likeness (QED) is 0.693. The van der Waals surface area contributed by atoms with Crippen LogP contribution in [-0.2, 0) is 6.54 Å². The van der Waals surface area contributed by atoms with E-state index in [1.54, 1.807) is 12.3 Å². The lowest BCUT2D eigenvalue weighted by atomic mass is 10.1. The summed E-state index contributed by atoms with van der Waals surface area (Å²) in [6.45, 7) is 0.634. The van der Waals surface area contributed by atoms with Crippen molar-refractivity contribution in [3.63, 3.8) is 0 Å². The van der Waals surface area contributed by atoms with Crippen LogP contribution in [0.5, 0.6) is 0 Å². The second kappa shape index (κ2) is 6.71. The highest BCUT2D eigenvalue weighted by Crippen LogP contribution is 2.32. The summed E-state index contributed by atoms with van der Waals surface area (Å²) in [5.74, 6) is 0.762. The van der Waals surface area contributed by atoms with E-state index < -0.39 is 0 Å². The molecule has 3 nitrogen and oxygen atoms in total. The van der Waals surface area contributed by atoms with Gasteiger partial charge in [0.1, 0.15) is 10.8 Å². The third-order valence-electron chi connectivity index (χ3n) is 3.47. The second-order valence-electron chi connectivity index (χ2n) is 5.04. The van der Waals surface area contributed by atoms with Gasteiger partial charge in [-0.05, 0) is 23.8 Å². The van der Waals surface area contributed by atoms with Gasteiger partial charge >= 0.3 is 0 Å². The minimum atomic E-state index is 0.385. The van der Waals surface area contributed by atoms with Crippen molar-refractivity contribution in [3.05, 3.63) is 76.0 Å². The standard InChI is InChI=1S/C17H13Cl2N3S/c18-14-6-2-5-13(15(14)19)17-21-7-8-22(17)10-11-3-1-4-12(9-11)16(20)23/h1-9H,10H2,(H2,20,23). The van der Waals surface area contributed by atoms with E-state index in [0.29, 0.717) is 21.6 Å². The van der Waals surface area contributed by atoms with Gasteiger partial charge in [0.15, 0.2) is 0 Å². The van der Waals surface area contributed by atoms with Crippen LogP contribution in [0.4, 0.5) is 0 Å². The Hall–Kier alpha value is -1.88. The summed E-state index contributed by atoms with van der Waals surface area (Å²) < 4.78 is 2.01. The van der Waals surface area contributed by atoms with Gasteiger partial charge in [-0.3, -0.25) is 0 Å². The van der Waals surface area contributed by atoms with E-state index >= 15 is 0 Å². The van der Waals surface area contributed by atoms with Crippen molar-refractivity contribution in [1.29, 1.82) is 0 Å². The summed E-state index contributed by atoms with van der Waals surface area (Å²) in [6.07, 6.45) is 3.64. The van der Waals surface area contributed by atoms with Crippen LogP contribution in [0.2, 0.25) is 10.0 Å². The molecule has 3 rings (SSSR count). The van der Waals surface area contributed by atoms with Gasteiger partial charge < -0.3 is 10.3 Å². The molecule has 0 aliphatic carbocycles. The maximum absolute atomic E-state index is 6.31. The average molecular weight is 362 g/mol. The number of aromatic nitrogens is 2. The first kappa shape index (κ1) is 16.0. The molecule has 1 aromatic heterocycles. The third kappa shape index (κ3) is 3.39. The molecule has 0 fully saturated rings. The number of thiocarbonyl (C=S) groups is 1. The number of hydrogen-bond donors (Lipinski definition) is 1. The van der Waals surface area contributed by atoms with Crippen LogP contribution in [0.1, 0.15) is 11.1 Å². The number of benzene rings is 2. The van der Waals surface area contributed by atoms with Gasteiger partial charge in [-0.1, -0.05) is 59.7 Å². The number of imidazole rings is 1. The van der Waals surface area contributed by atoms with Crippen molar-refractivity contribution in [3.8, 4) is 11.4 Å². The van der Waals surface area contributed by atoms with Gasteiger partial charge in [0.25, 0.3) is 0 Å². The molecule has 0 saturated carbocycles. The van der Waals surface area contributed by atoms with Gasteiger partial charge in [0.2, 0.25) is 0 Å². The maximum Gasteiger partial charge on any atom is 0.141 e. The predicted octanol–water partition coefficient (Wildman–Crippen LogP) is 4.54. The number of rotatable bonds is 4. The zero-order valence-electron chi connectivity index (χ0n) is 12.0. The van der Waals surface area contributed by atoms with Gasteiger partial charge in [0, 0.05) is 30.1 Å². The Kier molecular flexibility index (Phi) is 4.66. The molecule has 2 aromatic carbocycles. The Morgan fingerprint density at radius 3 is 2.74 bits per heavy atom. The highest BCUT2D eigenvalue weighted by atomic mass is 35.5. The van der Waals surface area contributed by atoms with E-state index in [9.17, 15) is 0 Å². The van der Waals surface area contributed by atoms with E-state index in [2.05, 4.69) is 4.98 Å². The van der Waals surface area contributed by atoms with Crippen LogP contribution in [0.15, 0.2) is 54.9 Å². The summed E-state index contributed by atoms with van der Waals surface area (Å²) in [5.41, 5.74) is 8.42. The summed E-state index contributed by atoms with van der Waals surface area (Å²) in [5, 5.41) is 1.01. The molecule has 0 spiro atoms. The normalized spacial score (nSPS) is 10.7. The highest BCUT2D eigenvalue weighted by molar-refractivity contribution is 7.80. The fourth-order valence-corrected chi connectivity index (χ4v) is 2.89. The first-order valence-electron chi connectivity index (χ1n) is 6.90. The van der Waals surface area contributed by atoms with Crippen molar-refractivity contribution in [2.75, 3.05) is 0 Å². The minimum Gasteiger partial charge on any atom is -0.389 e. The van der Waals surface area contributed by atoms with E-state index in [-0.39, 0.29) is 0 Å². The molecule has 0 unspecified atom stereocenters. The van der Waals surface area contributed by atoms with E-state index in [4.69, 9.17) is 41.2 Å². The molecule has 0 atom stereocenters. The lowest BCUT2D eigenvalue weighted by molar-refractivity contribution is 0.807. The molecule has 6 heteroatoms. The summed E-state index contributed by atoms with van der Waals surface area (Å²) in [4.78, 5) is 4.80. The first-order valence-corrected chi connectivity index (χ1v) is 8.07. The zero-order valence-corrected chi connectivity index (χ0v) is 14.4. The lowest BCUT2D eigenvalue weighted by Gasteiger charge is -2.11. The van der Waals surface area contributed by atoms with Crippen molar-refractivity contribution < 1.29 is 0 Å². The number of nitrogens with zero attached hydrogens (tertiary/aromatic N) is 2. The topological polar surface area (TPSA) is 43.8 Å². The Morgan fingerprint density at radius 1 is 1.17 bits per heavy atom. The minimum absolute atomic E-state index is 0.385. The van der Waals surface area contributed by atoms with Gasteiger partial charge in [-0.15, -0.1) is 0 Å². The molecular weight excluding hydrogens is 349 g/mol. The zero-order chi connectivity index (χ0) is 16.4. The monoisotopic (exact) mass is 361 g/mol. The fourth-order valence-electron chi connectivity index (χ4n) is 2.38. The molecule has 116 valence electrons. The molecule has 0 bridgehead atoms. The molecule has 1 heterocycles. The predicted molar refractivity (Wildman–Crippen MR) is 99.1 cm³/mol. The van der Waals surface area contributed by atoms with Crippen molar-refractivity contribution in [2.24, 2.45) is 5.73 Å². The Bertz CT molecular complexity index is 874. The number of nitrogens with two attached hydrogens (primary N) is 1. The molecule has 0 saturated heterocycles. The van der Waals surface area contributed by atoms with Crippen molar-refractivity contribution >= 4 is 40.4 Å². The molecule has 0 amide bonds. The van der Waals surface area contributed by atoms with Crippen molar-refractivity contribution in [2.45, 2.75) is 6.54 Å². The Balaban J connectivity index is 1.97. The highest BCUT2D eigenvalue weighted by Gasteiger charge is 2.12. The van der Waals surface area contributed by atoms with Crippen LogP contribution in [0, 0.1) is 0 Å². The third-order valence-corrected chi connectivity index (χ3v) is 4.53. The fraction of sp³-hybridized carbons (Fsp3) is 0.0588. The number of hydrogen-bond acceptors (Lipinski definition) is 2. The maximum atomic E-state index is 6.31. The van der Waals surface area contributed by atoms with E-state index in [1.807, 2.05) is 47.2 Å². The average Bonchev–Trinajstić information content (AvgIpc) is 2.98. The van der Waals surface area contributed by atoms with E-state index in [1.165, 1.54) is 0 Å². The molecular formula is C17H13Cl2N3S. The Morgan fingerprint density at radius 2 is 1.96 bits per heavy atom. The largest absolute Gasteiger partial charge is 0.389 e. The van der Waals surface area contributed by atoms with Crippen LogP contribution in [-0.4, -0.2) is 14.5 Å². The molecule has 0 radical (unpaired) electrons. The van der Waals surface area contributed by atoms with Gasteiger partial charge in [0.05, 0.1) is 10.0 Å². The van der Waals surface area contributed by atoms with Gasteiger partial charge in [-0.25, -0.2) is 4.98 Å². The second-order valence-corrected chi connectivity index (χ2v) is 6.27. The smallest absolute Gasteiger partial charge is 0.141 e. The molecule has 0 aliphatic heterocycles. The number of halogens is 2. The van der Waals surface area contributed by atoms with Crippen LogP contribution < -0.4 is 5.73 Å². The van der Waals surface area contributed by atoms with Crippen molar-refractivity contribution in [1.82, 2.24) is 9.55 Å². The lowest BCUT2D eigenvalue weighted by Crippen LogP contribution is -2.10. The summed E-state index contributed by atoms with van der Waals surface area (Å²) in [6, 6.07) is 13.3. The first-order chi connectivity index (χ1) is 11.1. The Labute approximate surface area is 149 Å². The van der Waals surface area contributed by atoms with Gasteiger partial charge in [-0.2, -0.15) is 0 Å². The van der Waals surface area contributed by atoms with Crippen LogP contribution in [0.3, 0.4) is 0 Å². The van der Waals surface area contributed by atoms with Crippen LogP contribution in [0.25, 0.3) is 11.4 Å². The molecule has 0 aliphatic rings. The molecule has 3 aromatic rings. The molecule has 23 heavy (non-hydrogen) atoms. The molecule has 2 N–H and O–H groups in total. The SMILES string of the molecule is NC(=S)c1cccc(Cn2ccnc2-c2cccc(Cl)c2Cl)c1. The van der Waals surface area contributed by atoms with Crippen LogP contribution >= 0.6 is 35.4 Å². The summed E-state index contributed by atoms with van der Waals surface area (Å²) >= 11 is 17.4.